The molecule has 0 bridgehead atoms. The Labute approximate surface area is 217 Å². The van der Waals surface area contributed by atoms with Crippen LogP contribution in [0.1, 0.15) is 64.9 Å². The van der Waals surface area contributed by atoms with E-state index in [0.717, 1.165) is 0 Å². The van der Waals surface area contributed by atoms with Crippen molar-refractivity contribution in [1.82, 2.24) is 4.31 Å². The predicted octanol–water partition coefficient (Wildman–Crippen LogP) is 4.76. The lowest BCUT2D eigenvalue weighted by Gasteiger charge is -2.42. The van der Waals surface area contributed by atoms with Crippen LogP contribution in [0.4, 0.5) is 0 Å². The average molecular weight is 534 g/mol. The van der Waals surface area contributed by atoms with Crippen molar-refractivity contribution >= 4 is 33.2 Å². The molecule has 0 atom stereocenters. The number of Topliss-reactive ketones (excluding diaryl/α,β-unsaturated/α-hetero) is 2. The Morgan fingerprint density at radius 1 is 0.889 bits per heavy atom. The summed E-state index contributed by atoms with van der Waals surface area (Å²) in [6, 6.07) is 4.78. The van der Waals surface area contributed by atoms with E-state index in [4.69, 9.17) is 21.1 Å². The van der Waals surface area contributed by atoms with E-state index in [1.807, 2.05) is 27.7 Å². The number of carbonyl (C=O) groups excluding carboxylic acids is 2. The van der Waals surface area contributed by atoms with Gasteiger partial charge in [-0.15, -0.1) is 0 Å². The van der Waals surface area contributed by atoms with E-state index in [-0.39, 0.29) is 45.4 Å². The fourth-order valence-corrected chi connectivity index (χ4v) is 7.77. The lowest BCUT2D eigenvalue weighted by molar-refractivity contribution is -0.120. The van der Waals surface area contributed by atoms with E-state index in [1.165, 1.54) is 10.4 Å². The van der Waals surface area contributed by atoms with Gasteiger partial charge in [-0.05, 0) is 28.5 Å². The van der Waals surface area contributed by atoms with Gasteiger partial charge in [-0.2, -0.15) is 4.31 Å². The Hall–Kier alpha value is -2.00. The third kappa shape index (κ3) is 4.46. The molecular weight excluding hydrogens is 502 g/mol. The van der Waals surface area contributed by atoms with Crippen molar-refractivity contribution in [3.05, 3.63) is 51.4 Å². The Bertz CT molecular complexity index is 1270. The molecule has 0 amide bonds. The number of halogens is 1. The zero-order chi connectivity index (χ0) is 26.0. The van der Waals surface area contributed by atoms with Crippen molar-refractivity contribution in [2.24, 2.45) is 10.8 Å². The van der Waals surface area contributed by atoms with Crippen LogP contribution in [-0.4, -0.2) is 50.6 Å². The molecule has 0 radical (unpaired) electrons. The molecule has 2 aliphatic carbocycles. The third-order valence-electron chi connectivity index (χ3n) is 7.46. The number of ether oxygens (including phenoxy) is 2. The van der Waals surface area contributed by atoms with Crippen molar-refractivity contribution in [2.75, 3.05) is 26.3 Å². The summed E-state index contributed by atoms with van der Waals surface area (Å²) in [5.41, 5.74) is 1.13. The van der Waals surface area contributed by atoms with Crippen molar-refractivity contribution in [3.63, 3.8) is 0 Å². The summed E-state index contributed by atoms with van der Waals surface area (Å²) in [6.07, 6.45) is 1.89. The quantitative estimate of drug-likeness (QED) is 0.556. The van der Waals surface area contributed by atoms with E-state index < -0.39 is 15.9 Å². The first kappa shape index (κ1) is 25.6. The number of ketones is 2. The van der Waals surface area contributed by atoms with Crippen molar-refractivity contribution < 1.29 is 27.5 Å². The molecule has 0 saturated carbocycles. The van der Waals surface area contributed by atoms with Crippen LogP contribution in [0.15, 0.2) is 45.8 Å². The fraction of sp³-hybridized carbons (Fsp3) is 0.556. The topological polar surface area (TPSA) is 90.0 Å². The Morgan fingerprint density at radius 2 is 1.42 bits per heavy atom. The molecule has 0 unspecified atom stereocenters. The molecular formula is C27H32ClNO6S. The van der Waals surface area contributed by atoms with Crippen molar-refractivity contribution in [3.8, 4) is 0 Å². The Morgan fingerprint density at radius 3 is 1.92 bits per heavy atom. The standard InChI is InChI=1S/C27H32ClNO6S/c1-26(2)12-18(30)24-20(14-26)35-21-15-27(3,4)13-19(31)25(21)23(24)16-5-6-22(17(28)11-16)36(32,33)29-7-9-34-10-8-29/h5-6,11,23H,7-10,12-15H2,1-4H3. The smallest absolute Gasteiger partial charge is 0.244 e. The number of benzene rings is 1. The molecule has 2 aliphatic heterocycles. The van der Waals surface area contributed by atoms with Crippen LogP contribution < -0.4 is 0 Å². The average Bonchev–Trinajstić information content (AvgIpc) is 2.76. The van der Waals surface area contributed by atoms with Crippen molar-refractivity contribution in [2.45, 2.75) is 64.2 Å². The summed E-state index contributed by atoms with van der Waals surface area (Å²) in [5.74, 6) is 0.528. The van der Waals surface area contributed by atoms with Crippen LogP contribution in [0.2, 0.25) is 5.02 Å². The minimum absolute atomic E-state index is 0.0116. The van der Waals surface area contributed by atoms with E-state index in [2.05, 4.69) is 0 Å². The zero-order valence-corrected chi connectivity index (χ0v) is 22.7. The molecule has 36 heavy (non-hydrogen) atoms. The minimum Gasteiger partial charge on any atom is -0.465 e. The van der Waals surface area contributed by atoms with E-state index in [9.17, 15) is 18.0 Å². The SMILES string of the molecule is CC1(C)CC(=O)C2=C(C1)OC1=C(C(=O)CC(C)(C)C1)C2c1ccc(S(=O)(=O)N2CCOCC2)c(Cl)c1. The lowest BCUT2D eigenvalue weighted by atomic mass is 9.65. The first-order chi connectivity index (χ1) is 16.8. The molecule has 1 aromatic carbocycles. The summed E-state index contributed by atoms with van der Waals surface area (Å²) in [4.78, 5) is 26.9. The van der Waals surface area contributed by atoms with Gasteiger partial charge in [-0.1, -0.05) is 45.4 Å². The molecule has 9 heteroatoms. The van der Waals surface area contributed by atoms with Gasteiger partial charge < -0.3 is 9.47 Å². The maximum Gasteiger partial charge on any atom is 0.244 e. The molecule has 0 aromatic heterocycles. The number of nitrogens with zero attached hydrogens (tertiary/aromatic N) is 1. The van der Waals surface area contributed by atoms with Crippen LogP contribution >= 0.6 is 11.6 Å². The fourth-order valence-electron chi connectivity index (χ4n) is 5.84. The van der Waals surface area contributed by atoms with E-state index >= 15 is 0 Å². The normalized spacial score (nSPS) is 24.9. The summed E-state index contributed by atoms with van der Waals surface area (Å²) in [5, 5.41) is 0.0713. The van der Waals surface area contributed by atoms with Gasteiger partial charge in [0, 0.05) is 55.8 Å². The van der Waals surface area contributed by atoms with E-state index in [1.54, 1.807) is 12.1 Å². The number of hydrogen-bond donors (Lipinski definition) is 0. The minimum atomic E-state index is -3.80. The molecule has 194 valence electrons. The molecule has 7 nitrogen and oxygen atoms in total. The van der Waals surface area contributed by atoms with Gasteiger partial charge in [-0.25, -0.2) is 8.42 Å². The van der Waals surface area contributed by atoms with Gasteiger partial charge in [0.1, 0.15) is 16.4 Å². The summed E-state index contributed by atoms with van der Waals surface area (Å²) < 4.78 is 39.4. The highest BCUT2D eigenvalue weighted by atomic mass is 35.5. The second kappa shape index (κ2) is 8.79. The number of allylic oxidation sites excluding steroid dienone is 4. The number of morpholine rings is 1. The molecule has 4 aliphatic rings. The van der Waals surface area contributed by atoms with Gasteiger partial charge in [0.15, 0.2) is 11.6 Å². The van der Waals surface area contributed by atoms with Gasteiger partial charge in [0.05, 0.1) is 18.2 Å². The van der Waals surface area contributed by atoms with Crippen LogP contribution in [0.3, 0.4) is 0 Å². The lowest BCUT2D eigenvalue weighted by Crippen LogP contribution is -2.40. The summed E-state index contributed by atoms with van der Waals surface area (Å²) in [6.45, 7) is 9.35. The monoisotopic (exact) mass is 533 g/mol. The predicted molar refractivity (Wildman–Crippen MR) is 135 cm³/mol. The molecule has 1 saturated heterocycles. The summed E-state index contributed by atoms with van der Waals surface area (Å²) >= 11 is 6.60. The number of hydrogen-bond acceptors (Lipinski definition) is 6. The van der Waals surface area contributed by atoms with E-state index in [0.29, 0.717) is 67.1 Å². The second-order valence-corrected chi connectivity index (χ2v) is 14.1. The third-order valence-corrected chi connectivity index (χ3v) is 9.84. The highest BCUT2D eigenvalue weighted by Crippen LogP contribution is 2.53. The highest BCUT2D eigenvalue weighted by molar-refractivity contribution is 7.89. The van der Waals surface area contributed by atoms with Crippen LogP contribution in [0.25, 0.3) is 0 Å². The molecule has 0 spiro atoms. The zero-order valence-electron chi connectivity index (χ0n) is 21.1. The first-order valence-electron chi connectivity index (χ1n) is 12.4. The highest BCUT2D eigenvalue weighted by Gasteiger charge is 2.48. The number of rotatable bonds is 3. The second-order valence-electron chi connectivity index (χ2n) is 11.8. The number of sulfonamides is 1. The van der Waals surface area contributed by atoms with Crippen molar-refractivity contribution in [1.29, 1.82) is 0 Å². The molecule has 5 rings (SSSR count). The molecule has 1 fully saturated rings. The first-order valence-corrected chi connectivity index (χ1v) is 14.2. The summed E-state index contributed by atoms with van der Waals surface area (Å²) in [7, 11) is -3.80. The van der Waals surface area contributed by atoms with Gasteiger partial charge >= 0.3 is 0 Å². The Balaban J connectivity index is 1.62. The van der Waals surface area contributed by atoms with Crippen LogP contribution in [-0.2, 0) is 29.1 Å². The Kier molecular flexibility index (Phi) is 6.26. The molecule has 2 heterocycles. The van der Waals surface area contributed by atoms with Crippen LogP contribution in [0.5, 0.6) is 0 Å². The van der Waals surface area contributed by atoms with Gasteiger partial charge in [-0.3, -0.25) is 9.59 Å². The number of carbonyl (C=O) groups is 2. The van der Waals surface area contributed by atoms with Gasteiger partial charge in [0.2, 0.25) is 10.0 Å². The molecule has 0 N–H and O–H groups in total. The maximum atomic E-state index is 13.4. The van der Waals surface area contributed by atoms with Gasteiger partial charge in [0.25, 0.3) is 0 Å². The van der Waals surface area contributed by atoms with Crippen LogP contribution in [0, 0.1) is 10.8 Å². The molecule has 1 aromatic rings. The largest absolute Gasteiger partial charge is 0.465 e. The maximum absolute atomic E-state index is 13.4.